The molecule has 11 heteroatoms. The van der Waals surface area contributed by atoms with Crippen LogP contribution in [0.5, 0.6) is 17.2 Å². The van der Waals surface area contributed by atoms with Crippen LogP contribution in [0.3, 0.4) is 0 Å². The molecule has 37 heavy (non-hydrogen) atoms. The highest BCUT2D eigenvalue weighted by Gasteiger charge is 2.34. The second-order valence-electron chi connectivity index (χ2n) is 7.77. The van der Waals surface area contributed by atoms with Crippen molar-refractivity contribution in [1.82, 2.24) is 10.2 Å². The van der Waals surface area contributed by atoms with Crippen molar-refractivity contribution in [1.29, 1.82) is 0 Å². The van der Waals surface area contributed by atoms with Crippen molar-refractivity contribution < 1.29 is 42.1 Å². The van der Waals surface area contributed by atoms with Gasteiger partial charge >= 0.3 is 12.0 Å². The second kappa shape index (κ2) is 10.9. The molecule has 0 saturated carbocycles. The van der Waals surface area contributed by atoms with Crippen molar-refractivity contribution >= 4 is 24.0 Å². The van der Waals surface area contributed by atoms with Crippen LogP contribution in [0.2, 0.25) is 0 Å². The van der Waals surface area contributed by atoms with Crippen molar-refractivity contribution in [2.75, 3.05) is 21.3 Å². The predicted octanol–water partition coefficient (Wildman–Crippen LogP) is 3.89. The standard InChI is InChI=1S/C26H23FN2O8/c1-33-21-11-15(12-22(34-2)23(21)36-14-16-6-4-5-7-18(16)27)10-19-24(30)29(26(32)28-19)13-17-8-9-20(37-17)25(31)35-3/h4-12H,13-14H2,1-3H3,(H,28,32)/b19-10-. The summed E-state index contributed by atoms with van der Waals surface area (Å²) in [4.78, 5) is 37.9. The summed E-state index contributed by atoms with van der Waals surface area (Å²) in [6.07, 6.45) is 1.45. The summed E-state index contributed by atoms with van der Waals surface area (Å²) in [5, 5.41) is 2.52. The number of ether oxygens (including phenoxy) is 4. The molecule has 0 aliphatic carbocycles. The van der Waals surface area contributed by atoms with Gasteiger partial charge in [0, 0.05) is 5.56 Å². The average Bonchev–Trinajstić information content (AvgIpc) is 3.48. The number of nitrogens with one attached hydrogen (secondary N) is 1. The molecule has 0 atom stereocenters. The lowest BCUT2D eigenvalue weighted by Crippen LogP contribution is -2.30. The van der Waals surface area contributed by atoms with Gasteiger partial charge in [0.25, 0.3) is 5.91 Å². The summed E-state index contributed by atoms with van der Waals surface area (Å²) in [6.45, 7) is -0.248. The topological polar surface area (TPSA) is 117 Å². The van der Waals surface area contributed by atoms with Gasteiger partial charge in [-0.3, -0.25) is 9.69 Å². The zero-order chi connectivity index (χ0) is 26.5. The van der Waals surface area contributed by atoms with Crippen LogP contribution < -0.4 is 19.5 Å². The summed E-state index contributed by atoms with van der Waals surface area (Å²) in [5.41, 5.74) is 0.838. The molecule has 3 amide bonds. The summed E-state index contributed by atoms with van der Waals surface area (Å²) >= 11 is 0. The number of amides is 3. The predicted molar refractivity (Wildman–Crippen MR) is 127 cm³/mol. The third kappa shape index (κ3) is 5.40. The van der Waals surface area contributed by atoms with E-state index in [0.717, 1.165) is 4.90 Å². The first-order valence-corrected chi connectivity index (χ1v) is 11.0. The Kier molecular flexibility index (Phi) is 7.42. The number of methoxy groups -OCH3 is 3. The first-order chi connectivity index (χ1) is 17.8. The van der Waals surface area contributed by atoms with E-state index in [2.05, 4.69) is 10.1 Å². The fourth-order valence-electron chi connectivity index (χ4n) is 3.60. The smallest absolute Gasteiger partial charge is 0.373 e. The largest absolute Gasteiger partial charge is 0.493 e. The molecule has 192 valence electrons. The lowest BCUT2D eigenvalue weighted by atomic mass is 10.1. The lowest BCUT2D eigenvalue weighted by molar-refractivity contribution is -0.123. The number of hydrogen-bond donors (Lipinski definition) is 1. The number of urea groups is 1. The van der Waals surface area contributed by atoms with E-state index in [1.165, 1.54) is 45.6 Å². The molecule has 4 rings (SSSR count). The molecule has 0 bridgehead atoms. The number of benzene rings is 2. The number of carbonyl (C=O) groups is 3. The Morgan fingerprint density at radius 1 is 1.05 bits per heavy atom. The van der Waals surface area contributed by atoms with E-state index in [0.29, 0.717) is 11.1 Å². The van der Waals surface area contributed by atoms with Crippen molar-refractivity contribution in [2.45, 2.75) is 13.2 Å². The van der Waals surface area contributed by atoms with Crippen LogP contribution in [0.1, 0.15) is 27.4 Å². The molecule has 1 N–H and O–H groups in total. The highest BCUT2D eigenvalue weighted by Crippen LogP contribution is 2.40. The van der Waals surface area contributed by atoms with E-state index in [1.54, 1.807) is 30.3 Å². The molecule has 1 saturated heterocycles. The van der Waals surface area contributed by atoms with Crippen LogP contribution in [-0.4, -0.2) is 44.1 Å². The average molecular weight is 510 g/mol. The van der Waals surface area contributed by atoms with Crippen LogP contribution in [0.25, 0.3) is 6.08 Å². The Labute approximate surface area is 211 Å². The lowest BCUT2D eigenvalue weighted by Gasteiger charge is -2.16. The minimum absolute atomic E-state index is 0.00822. The fourth-order valence-corrected chi connectivity index (χ4v) is 3.60. The molecule has 2 heterocycles. The number of furan rings is 1. The molecular formula is C26H23FN2O8. The first kappa shape index (κ1) is 25.3. The number of imide groups is 1. The molecule has 0 unspecified atom stereocenters. The van der Waals surface area contributed by atoms with Gasteiger partial charge in [0.1, 0.15) is 23.9 Å². The number of nitrogens with zero attached hydrogens (tertiary/aromatic N) is 1. The van der Waals surface area contributed by atoms with Gasteiger partial charge in [0.05, 0.1) is 27.9 Å². The van der Waals surface area contributed by atoms with Crippen molar-refractivity contribution in [3.05, 3.63) is 82.7 Å². The molecule has 2 aromatic carbocycles. The van der Waals surface area contributed by atoms with E-state index in [1.807, 2.05) is 0 Å². The minimum Gasteiger partial charge on any atom is -0.493 e. The van der Waals surface area contributed by atoms with E-state index in [-0.39, 0.29) is 47.6 Å². The maximum atomic E-state index is 14.0. The van der Waals surface area contributed by atoms with E-state index in [4.69, 9.17) is 18.6 Å². The zero-order valence-electron chi connectivity index (χ0n) is 20.2. The zero-order valence-corrected chi connectivity index (χ0v) is 20.2. The molecule has 10 nitrogen and oxygen atoms in total. The SMILES string of the molecule is COC(=O)c1ccc(CN2C(=O)N/C(=C\c3cc(OC)c(OCc4ccccc4F)c(OC)c3)C2=O)o1. The molecule has 1 aliphatic rings. The van der Waals surface area contributed by atoms with E-state index >= 15 is 0 Å². The second-order valence-corrected chi connectivity index (χ2v) is 7.77. The molecule has 1 fully saturated rings. The Hall–Kier alpha value is -4.80. The van der Waals surface area contributed by atoms with E-state index in [9.17, 15) is 18.8 Å². The van der Waals surface area contributed by atoms with Crippen molar-refractivity contribution in [3.8, 4) is 17.2 Å². The third-order valence-corrected chi connectivity index (χ3v) is 5.45. The van der Waals surface area contributed by atoms with Gasteiger partial charge in [0.15, 0.2) is 11.5 Å². The normalized spacial score (nSPS) is 14.1. The highest BCUT2D eigenvalue weighted by atomic mass is 19.1. The van der Waals surface area contributed by atoms with Crippen LogP contribution in [0.4, 0.5) is 9.18 Å². The maximum absolute atomic E-state index is 14.0. The quantitative estimate of drug-likeness (QED) is 0.262. The van der Waals surface area contributed by atoms with Gasteiger partial charge in [-0.25, -0.2) is 14.0 Å². The number of hydrogen-bond acceptors (Lipinski definition) is 8. The van der Waals surface area contributed by atoms with Gasteiger partial charge in [0.2, 0.25) is 11.5 Å². The van der Waals surface area contributed by atoms with Gasteiger partial charge < -0.3 is 28.7 Å². The molecule has 1 aliphatic heterocycles. The van der Waals surface area contributed by atoms with Gasteiger partial charge in [-0.2, -0.15) is 0 Å². The molecular weight excluding hydrogens is 487 g/mol. The number of rotatable bonds is 9. The van der Waals surface area contributed by atoms with Gasteiger partial charge in [-0.15, -0.1) is 0 Å². The van der Waals surface area contributed by atoms with Crippen molar-refractivity contribution in [3.63, 3.8) is 0 Å². The van der Waals surface area contributed by atoms with Gasteiger partial charge in [-0.05, 0) is 42.0 Å². The highest BCUT2D eigenvalue weighted by molar-refractivity contribution is 6.13. The third-order valence-electron chi connectivity index (χ3n) is 5.45. The summed E-state index contributed by atoms with van der Waals surface area (Å²) in [6, 6.07) is 11.6. The Balaban J connectivity index is 1.55. The van der Waals surface area contributed by atoms with E-state index < -0.39 is 23.7 Å². The Morgan fingerprint density at radius 2 is 1.76 bits per heavy atom. The van der Waals surface area contributed by atoms with Crippen LogP contribution in [0, 0.1) is 5.82 Å². The molecule has 1 aromatic heterocycles. The summed E-state index contributed by atoms with van der Waals surface area (Å²) < 4.78 is 40.6. The Bertz CT molecular complexity index is 1360. The molecule has 0 radical (unpaired) electrons. The first-order valence-electron chi connectivity index (χ1n) is 11.0. The van der Waals surface area contributed by atoms with Crippen LogP contribution in [-0.2, 0) is 22.7 Å². The summed E-state index contributed by atoms with van der Waals surface area (Å²) in [7, 11) is 4.07. The Morgan fingerprint density at radius 3 is 2.41 bits per heavy atom. The number of esters is 1. The number of carbonyl (C=O) groups excluding carboxylic acids is 3. The molecule has 3 aromatic rings. The molecule has 0 spiro atoms. The summed E-state index contributed by atoms with van der Waals surface area (Å²) in [5.74, 6) is -0.686. The number of halogens is 1. The fraction of sp³-hybridized carbons (Fsp3) is 0.192. The maximum Gasteiger partial charge on any atom is 0.373 e. The van der Waals surface area contributed by atoms with Crippen molar-refractivity contribution in [2.24, 2.45) is 0 Å². The minimum atomic E-state index is -0.673. The monoisotopic (exact) mass is 510 g/mol. The van der Waals surface area contributed by atoms with Crippen LogP contribution in [0.15, 0.2) is 58.6 Å². The van der Waals surface area contributed by atoms with Gasteiger partial charge in [-0.1, -0.05) is 18.2 Å². The van der Waals surface area contributed by atoms with Crippen LogP contribution >= 0.6 is 0 Å².